The lowest BCUT2D eigenvalue weighted by atomic mass is 9.84. The Hall–Kier alpha value is -0.0800. The Morgan fingerprint density at radius 2 is 2.00 bits per heavy atom. The molecule has 2 unspecified atom stereocenters. The third kappa shape index (κ3) is 2.96. The maximum Gasteiger partial charge on any atom is 0.0216 e. The van der Waals surface area contributed by atoms with E-state index in [4.69, 9.17) is 5.73 Å². The third-order valence-corrected chi connectivity index (χ3v) is 3.46. The van der Waals surface area contributed by atoms with E-state index in [-0.39, 0.29) is 0 Å². The van der Waals surface area contributed by atoms with Crippen LogP contribution in [-0.4, -0.2) is 30.1 Å². The molecule has 1 saturated carbocycles. The first-order chi connectivity index (χ1) is 6.15. The molecular formula is C11H24N2. The highest BCUT2D eigenvalue weighted by Crippen LogP contribution is 2.27. The molecule has 2 N–H and O–H groups in total. The maximum absolute atomic E-state index is 5.91. The van der Waals surface area contributed by atoms with Crippen molar-refractivity contribution < 1.29 is 0 Å². The highest BCUT2D eigenvalue weighted by molar-refractivity contribution is 4.79. The van der Waals surface area contributed by atoms with Crippen molar-refractivity contribution in [1.82, 2.24) is 4.90 Å². The van der Waals surface area contributed by atoms with Gasteiger partial charge in [0.05, 0.1) is 0 Å². The molecule has 0 aromatic heterocycles. The van der Waals surface area contributed by atoms with Gasteiger partial charge in [-0.3, -0.25) is 4.90 Å². The summed E-state index contributed by atoms with van der Waals surface area (Å²) in [5, 5.41) is 0. The van der Waals surface area contributed by atoms with Gasteiger partial charge in [0.25, 0.3) is 0 Å². The molecule has 0 spiro atoms. The van der Waals surface area contributed by atoms with Gasteiger partial charge < -0.3 is 5.73 Å². The van der Waals surface area contributed by atoms with E-state index in [9.17, 15) is 0 Å². The maximum atomic E-state index is 5.91. The summed E-state index contributed by atoms with van der Waals surface area (Å²) in [7, 11) is 0. The zero-order valence-corrected chi connectivity index (χ0v) is 9.29. The zero-order chi connectivity index (χ0) is 9.84. The van der Waals surface area contributed by atoms with E-state index in [0.29, 0.717) is 12.1 Å². The average molecular weight is 184 g/mol. The smallest absolute Gasteiger partial charge is 0.0216 e. The SMILES string of the molecule is CCN(CC1CCC1)C(C)C(C)N. The van der Waals surface area contributed by atoms with Crippen LogP contribution in [0.4, 0.5) is 0 Å². The quantitative estimate of drug-likeness (QED) is 0.706. The van der Waals surface area contributed by atoms with Gasteiger partial charge in [-0.25, -0.2) is 0 Å². The van der Waals surface area contributed by atoms with Gasteiger partial charge in [-0.05, 0) is 39.2 Å². The molecule has 0 aromatic rings. The lowest BCUT2D eigenvalue weighted by Crippen LogP contribution is -2.46. The van der Waals surface area contributed by atoms with Crippen molar-refractivity contribution in [2.75, 3.05) is 13.1 Å². The van der Waals surface area contributed by atoms with Crippen LogP contribution in [0.25, 0.3) is 0 Å². The first-order valence-electron chi connectivity index (χ1n) is 5.64. The summed E-state index contributed by atoms with van der Waals surface area (Å²) in [6.07, 6.45) is 4.30. The van der Waals surface area contributed by atoms with Crippen LogP contribution in [0.3, 0.4) is 0 Å². The fourth-order valence-electron chi connectivity index (χ4n) is 1.92. The number of nitrogens with two attached hydrogens (primary N) is 1. The molecule has 1 aliphatic rings. The minimum Gasteiger partial charge on any atom is -0.327 e. The molecule has 0 aliphatic heterocycles. The monoisotopic (exact) mass is 184 g/mol. The van der Waals surface area contributed by atoms with Crippen LogP contribution >= 0.6 is 0 Å². The Kier molecular flexibility index (Phi) is 4.20. The minimum absolute atomic E-state index is 0.292. The van der Waals surface area contributed by atoms with Crippen LogP contribution in [0.1, 0.15) is 40.0 Å². The van der Waals surface area contributed by atoms with E-state index in [2.05, 4.69) is 25.7 Å². The van der Waals surface area contributed by atoms with Gasteiger partial charge in [0.15, 0.2) is 0 Å². The molecule has 1 rings (SSSR count). The van der Waals surface area contributed by atoms with Gasteiger partial charge in [0, 0.05) is 18.6 Å². The Labute approximate surface area is 82.5 Å². The lowest BCUT2D eigenvalue weighted by molar-refractivity contribution is 0.134. The summed E-state index contributed by atoms with van der Waals surface area (Å²) in [4.78, 5) is 2.52. The molecule has 1 fully saturated rings. The molecule has 0 heterocycles. The number of hydrogen-bond donors (Lipinski definition) is 1. The average Bonchev–Trinajstić information content (AvgIpc) is 2.02. The first-order valence-corrected chi connectivity index (χ1v) is 5.64. The predicted octanol–water partition coefficient (Wildman–Crippen LogP) is 1.84. The molecule has 2 nitrogen and oxygen atoms in total. The van der Waals surface area contributed by atoms with Crippen LogP contribution < -0.4 is 5.73 Å². The highest BCUT2D eigenvalue weighted by Gasteiger charge is 2.23. The van der Waals surface area contributed by atoms with Crippen molar-refractivity contribution >= 4 is 0 Å². The Morgan fingerprint density at radius 3 is 2.31 bits per heavy atom. The zero-order valence-electron chi connectivity index (χ0n) is 9.29. The molecule has 1 aliphatic carbocycles. The van der Waals surface area contributed by atoms with Crippen LogP contribution in [-0.2, 0) is 0 Å². The second kappa shape index (κ2) is 4.97. The van der Waals surface area contributed by atoms with Crippen molar-refractivity contribution in [3.8, 4) is 0 Å². The van der Waals surface area contributed by atoms with Gasteiger partial charge in [0.2, 0.25) is 0 Å². The fourth-order valence-corrected chi connectivity index (χ4v) is 1.92. The number of nitrogens with zero attached hydrogens (tertiary/aromatic N) is 1. The van der Waals surface area contributed by atoms with Gasteiger partial charge in [-0.2, -0.15) is 0 Å². The molecule has 0 radical (unpaired) electrons. The van der Waals surface area contributed by atoms with Crippen molar-refractivity contribution in [2.24, 2.45) is 11.7 Å². The number of hydrogen-bond acceptors (Lipinski definition) is 2. The Morgan fingerprint density at radius 1 is 1.38 bits per heavy atom. The second-order valence-electron chi connectivity index (χ2n) is 4.48. The molecule has 0 bridgehead atoms. The van der Waals surface area contributed by atoms with E-state index in [0.717, 1.165) is 12.5 Å². The molecule has 78 valence electrons. The fraction of sp³-hybridized carbons (Fsp3) is 1.00. The molecule has 0 saturated heterocycles. The van der Waals surface area contributed by atoms with Gasteiger partial charge in [-0.15, -0.1) is 0 Å². The molecule has 13 heavy (non-hydrogen) atoms. The summed E-state index contributed by atoms with van der Waals surface area (Å²) in [5.74, 6) is 0.959. The summed E-state index contributed by atoms with van der Waals surface area (Å²) < 4.78 is 0. The molecule has 0 amide bonds. The van der Waals surface area contributed by atoms with E-state index in [1.54, 1.807) is 0 Å². The molecule has 2 atom stereocenters. The third-order valence-electron chi connectivity index (χ3n) is 3.46. The topological polar surface area (TPSA) is 29.3 Å². The minimum atomic E-state index is 0.292. The van der Waals surface area contributed by atoms with Crippen LogP contribution in [0.15, 0.2) is 0 Å². The number of rotatable bonds is 5. The van der Waals surface area contributed by atoms with E-state index in [1.807, 2.05) is 0 Å². The summed E-state index contributed by atoms with van der Waals surface area (Å²) in [5.41, 5.74) is 5.91. The van der Waals surface area contributed by atoms with Crippen molar-refractivity contribution in [1.29, 1.82) is 0 Å². The van der Waals surface area contributed by atoms with Crippen LogP contribution in [0.5, 0.6) is 0 Å². The van der Waals surface area contributed by atoms with E-state index in [1.165, 1.54) is 25.8 Å². The van der Waals surface area contributed by atoms with Crippen LogP contribution in [0.2, 0.25) is 0 Å². The van der Waals surface area contributed by atoms with Crippen molar-refractivity contribution in [2.45, 2.75) is 52.1 Å². The standard InChI is InChI=1S/C11H24N2/c1-4-13(10(3)9(2)12)8-11-6-5-7-11/h9-11H,4-8,12H2,1-3H3. The predicted molar refractivity (Wildman–Crippen MR) is 57.7 cm³/mol. The van der Waals surface area contributed by atoms with Gasteiger partial charge in [-0.1, -0.05) is 13.3 Å². The second-order valence-corrected chi connectivity index (χ2v) is 4.48. The molecule has 2 heteroatoms. The molecule has 0 aromatic carbocycles. The summed E-state index contributed by atoms with van der Waals surface area (Å²) in [6.45, 7) is 8.98. The largest absolute Gasteiger partial charge is 0.327 e. The van der Waals surface area contributed by atoms with E-state index >= 15 is 0 Å². The van der Waals surface area contributed by atoms with Crippen molar-refractivity contribution in [3.05, 3.63) is 0 Å². The van der Waals surface area contributed by atoms with Crippen molar-refractivity contribution in [3.63, 3.8) is 0 Å². The summed E-state index contributed by atoms with van der Waals surface area (Å²) >= 11 is 0. The Bertz CT molecular complexity index is 141. The highest BCUT2D eigenvalue weighted by atomic mass is 15.2. The van der Waals surface area contributed by atoms with Gasteiger partial charge >= 0.3 is 0 Å². The van der Waals surface area contributed by atoms with E-state index < -0.39 is 0 Å². The lowest BCUT2D eigenvalue weighted by Gasteiger charge is -2.36. The van der Waals surface area contributed by atoms with Gasteiger partial charge in [0.1, 0.15) is 0 Å². The number of likely N-dealkylation sites (N-methyl/N-ethyl adjacent to an activating group) is 1. The molecular weight excluding hydrogens is 160 g/mol. The van der Waals surface area contributed by atoms with Crippen LogP contribution in [0, 0.1) is 5.92 Å². The first kappa shape index (κ1) is 11.0. The summed E-state index contributed by atoms with van der Waals surface area (Å²) in [6, 6.07) is 0.825. The Balaban J connectivity index is 2.31. The normalized spacial score (nSPS) is 22.8.